The van der Waals surface area contributed by atoms with Gasteiger partial charge in [0.05, 0.1) is 0 Å². The lowest BCUT2D eigenvalue weighted by atomic mass is 10.0. The lowest BCUT2D eigenvalue weighted by Gasteiger charge is -2.29. The van der Waals surface area contributed by atoms with Crippen molar-refractivity contribution < 1.29 is 4.42 Å². The molecule has 1 heterocycles. The van der Waals surface area contributed by atoms with Gasteiger partial charge in [-0.2, -0.15) is 0 Å². The minimum Gasteiger partial charge on any atom is -0.423 e. The Morgan fingerprint density at radius 2 is 1.70 bits per heavy atom. The normalized spacial score (nSPS) is 12.8. The van der Waals surface area contributed by atoms with Crippen molar-refractivity contribution in [3.8, 4) is 0 Å². The van der Waals surface area contributed by atoms with E-state index in [2.05, 4.69) is 53.2 Å². The molecule has 0 amide bonds. The highest BCUT2D eigenvalue weighted by molar-refractivity contribution is 5.23. The molecule has 0 radical (unpaired) electrons. The Balaban J connectivity index is 2.37. The van der Waals surface area contributed by atoms with E-state index in [4.69, 9.17) is 4.42 Å². The lowest BCUT2D eigenvalue weighted by Crippen LogP contribution is -2.31. The van der Waals surface area contributed by atoms with Gasteiger partial charge in [0.2, 0.25) is 11.8 Å². The first-order valence-electron chi connectivity index (χ1n) is 7.35. The average molecular weight is 273 g/mol. The van der Waals surface area contributed by atoms with Crippen LogP contribution in [0.25, 0.3) is 0 Å². The third-order valence-corrected chi connectivity index (χ3v) is 3.28. The number of hydrogen-bond acceptors (Lipinski definition) is 4. The highest BCUT2D eigenvalue weighted by atomic mass is 16.4. The summed E-state index contributed by atoms with van der Waals surface area (Å²) in [5.74, 6) is 1.31. The van der Waals surface area contributed by atoms with Crippen molar-refractivity contribution >= 4 is 0 Å². The Morgan fingerprint density at radius 3 is 2.20 bits per heavy atom. The van der Waals surface area contributed by atoms with Crippen LogP contribution in [0.3, 0.4) is 0 Å². The molecule has 1 aromatic carbocycles. The number of benzene rings is 1. The summed E-state index contributed by atoms with van der Waals surface area (Å²) in [6, 6.07) is 10.5. The molecule has 0 saturated carbocycles. The molecule has 2 aromatic rings. The first-order valence-corrected chi connectivity index (χ1v) is 7.35. The summed E-state index contributed by atoms with van der Waals surface area (Å²) in [6.07, 6.45) is 2.22. The lowest BCUT2D eigenvalue weighted by molar-refractivity contribution is 0.197. The first-order chi connectivity index (χ1) is 9.76. The van der Waals surface area contributed by atoms with Gasteiger partial charge in [0.15, 0.2) is 0 Å². The van der Waals surface area contributed by atoms with Crippen LogP contribution in [-0.2, 0) is 0 Å². The van der Waals surface area contributed by atoms with Crippen molar-refractivity contribution in [2.45, 2.75) is 39.7 Å². The van der Waals surface area contributed by atoms with Gasteiger partial charge >= 0.3 is 0 Å². The van der Waals surface area contributed by atoms with E-state index in [0.29, 0.717) is 11.8 Å². The van der Waals surface area contributed by atoms with Gasteiger partial charge in [0.1, 0.15) is 6.04 Å². The SMILES string of the molecule is CCCN(CCC)[C@H](c1ccccc1)c1nnc(C)o1. The van der Waals surface area contributed by atoms with Gasteiger partial charge in [-0.1, -0.05) is 44.2 Å². The van der Waals surface area contributed by atoms with Crippen LogP contribution in [0.15, 0.2) is 34.7 Å². The second-order valence-corrected chi connectivity index (χ2v) is 5.01. The summed E-state index contributed by atoms with van der Waals surface area (Å²) in [4.78, 5) is 2.42. The average Bonchev–Trinajstić information content (AvgIpc) is 2.87. The quantitative estimate of drug-likeness (QED) is 0.773. The van der Waals surface area contributed by atoms with Crippen molar-refractivity contribution in [1.82, 2.24) is 15.1 Å². The van der Waals surface area contributed by atoms with Crippen LogP contribution in [0.2, 0.25) is 0 Å². The topological polar surface area (TPSA) is 42.2 Å². The molecule has 0 aliphatic heterocycles. The first kappa shape index (κ1) is 14.7. The fourth-order valence-corrected chi connectivity index (χ4v) is 2.51. The van der Waals surface area contributed by atoms with Crippen LogP contribution in [0.5, 0.6) is 0 Å². The maximum atomic E-state index is 5.71. The third kappa shape index (κ3) is 3.45. The van der Waals surface area contributed by atoms with Gasteiger partial charge in [-0.25, -0.2) is 0 Å². The van der Waals surface area contributed by atoms with Crippen LogP contribution >= 0.6 is 0 Å². The molecular formula is C16H23N3O. The van der Waals surface area contributed by atoms with E-state index >= 15 is 0 Å². The minimum atomic E-state index is 0.0531. The van der Waals surface area contributed by atoms with Crippen molar-refractivity contribution in [3.63, 3.8) is 0 Å². The van der Waals surface area contributed by atoms with E-state index in [-0.39, 0.29) is 6.04 Å². The van der Waals surface area contributed by atoms with Gasteiger partial charge in [-0.05, 0) is 31.5 Å². The van der Waals surface area contributed by atoms with Crippen LogP contribution in [0.1, 0.15) is 50.1 Å². The van der Waals surface area contributed by atoms with E-state index in [1.807, 2.05) is 13.0 Å². The Labute approximate surface area is 120 Å². The summed E-state index contributed by atoms with van der Waals surface area (Å²) >= 11 is 0. The number of rotatable bonds is 7. The van der Waals surface area contributed by atoms with Gasteiger partial charge in [0.25, 0.3) is 0 Å². The molecule has 0 saturated heterocycles. The molecule has 1 atom stereocenters. The molecule has 0 aliphatic rings. The summed E-state index contributed by atoms with van der Waals surface area (Å²) in [7, 11) is 0. The zero-order valence-electron chi connectivity index (χ0n) is 12.5. The van der Waals surface area contributed by atoms with Crippen molar-refractivity contribution in [2.75, 3.05) is 13.1 Å². The summed E-state index contributed by atoms with van der Waals surface area (Å²) < 4.78 is 5.71. The number of aromatic nitrogens is 2. The van der Waals surface area contributed by atoms with Crippen molar-refractivity contribution in [3.05, 3.63) is 47.7 Å². The molecule has 0 fully saturated rings. The molecule has 4 heteroatoms. The molecule has 20 heavy (non-hydrogen) atoms. The molecule has 1 aromatic heterocycles. The van der Waals surface area contributed by atoms with Crippen LogP contribution < -0.4 is 0 Å². The molecular weight excluding hydrogens is 250 g/mol. The predicted molar refractivity (Wildman–Crippen MR) is 79.5 cm³/mol. The second kappa shape index (κ2) is 7.20. The second-order valence-electron chi connectivity index (χ2n) is 5.01. The Bertz CT molecular complexity index is 503. The van der Waals surface area contributed by atoms with Crippen molar-refractivity contribution in [1.29, 1.82) is 0 Å². The van der Waals surface area contributed by atoms with E-state index in [9.17, 15) is 0 Å². The van der Waals surface area contributed by atoms with Crippen LogP contribution in [0.4, 0.5) is 0 Å². The summed E-state index contributed by atoms with van der Waals surface area (Å²) in [6.45, 7) is 8.28. The molecule has 0 bridgehead atoms. The van der Waals surface area contributed by atoms with Gasteiger partial charge < -0.3 is 4.42 Å². The zero-order chi connectivity index (χ0) is 14.4. The highest BCUT2D eigenvalue weighted by Gasteiger charge is 2.26. The zero-order valence-corrected chi connectivity index (χ0v) is 12.5. The Morgan fingerprint density at radius 1 is 1.05 bits per heavy atom. The molecule has 0 spiro atoms. The maximum Gasteiger partial charge on any atom is 0.238 e. The number of aryl methyl sites for hydroxylation is 1. The van der Waals surface area contributed by atoms with Crippen LogP contribution in [-0.4, -0.2) is 28.2 Å². The predicted octanol–water partition coefficient (Wildman–Crippen LogP) is 3.59. The monoisotopic (exact) mass is 273 g/mol. The van der Waals surface area contributed by atoms with E-state index in [1.54, 1.807) is 0 Å². The number of nitrogens with zero attached hydrogens (tertiary/aromatic N) is 3. The largest absolute Gasteiger partial charge is 0.423 e. The van der Waals surface area contributed by atoms with Gasteiger partial charge in [0, 0.05) is 6.92 Å². The number of hydrogen-bond donors (Lipinski definition) is 0. The van der Waals surface area contributed by atoms with Gasteiger partial charge in [-0.3, -0.25) is 4.90 Å². The third-order valence-electron chi connectivity index (χ3n) is 3.28. The van der Waals surface area contributed by atoms with Gasteiger partial charge in [-0.15, -0.1) is 10.2 Å². The molecule has 2 rings (SSSR count). The molecule has 0 unspecified atom stereocenters. The minimum absolute atomic E-state index is 0.0531. The van der Waals surface area contributed by atoms with E-state index in [0.717, 1.165) is 25.9 Å². The van der Waals surface area contributed by atoms with Crippen LogP contribution in [0, 0.1) is 6.92 Å². The Kier molecular flexibility index (Phi) is 5.30. The molecule has 4 nitrogen and oxygen atoms in total. The van der Waals surface area contributed by atoms with E-state index in [1.165, 1.54) is 5.56 Å². The van der Waals surface area contributed by atoms with E-state index < -0.39 is 0 Å². The van der Waals surface area contributed by atoms with Crippen molar-refractivity contribution in [2.24, 2.45) is 0 Å². The summed E-state index contributed by atoms with van der Waals surface area (Å²) in [5.41, 5.74) is 1.21. The maximum absolute atomic E-state index is 5.71. The smallest absolute Gasteiger partial charge is 0.238 e. The summed E-state index contributed by atoms with van der Waals surface area (Å²) in [5, 5.41) is 8.24. The fraction of sp³-hybridized carbons (Fsp3) is 0.500. The molecule has 0 aliphatic carbocycles. The fourth-order valence-electron chi connectivity index (χ4n) is 2.51. The highest BCUT2D eigenvalue weighted by Crippen LogP contribution is 2.28. The molecule has 0 N–H and O–H groups in total. The molecule has 108 valence electrons. The standard InChI is InChI=1S/C16H23N3O/c1-4-11-19(12-5-2)15(14-9-7-6-8-10-14)16-18-17-13(3)20-16/h6-10,15H,4-5,11-12H2,1-3H3/t15-/m1/s1. The Hall–Kier alpha value is -1.68.